The number of nitrogens with zero attached hydrogens (tertiary/aromatic N) is 2. The molecule has 3 aromatic rings. The molecule has 0 spiro atoms. The van der Waals surface area contributed by atoms with Crippen LogP contribution < -0.4 is 16.7 Å². The van der Waals surface area contributed by atoms with Gasteiger partial charge >= 0.3 is 12.8 Å². The quantitative estimate of drug-likeness (QED) is 0.594. The number of aromatic nitrogens is 2. The fraction of sp³-hybridized carbons (Fsp3) is 0.292. The highest BCUT2D eigenvalue weighted by molar-refractivity contribution is 6.62. The van der Waals surface area contributed by atoms with Gasteiger partial charge in [-0.15, -0.1) is 0 Å². The third kappa shape index (κ3) is 3.65. The zero-order valence-corrected chi connectivity index (χ0v) is 18.8. The molecule has 1 aromatic heterocycles. The van der Waals surface area contributed by atoms with Gasteiger partial charge in [0, 0.05) is 17.3 Å². The Balaban J connectivity index is 1.72. The van der Waals surface area contributed by atoms with Gasteiger partial charge in [-0.25, -0.2) is 4.79 Å². The van der Waals surface area contributed by atoms with Gasteiger partial charge in [-0.2, -0.15) is 4.57 Å². The van der Waals surface area contributed by atoms with E-state index in [1.165, 1.54) is 10.8 Å². The van der Waals surface area contributed by atoms with Gasteiger partial charge < -0.3 is 9.31 Å². The zero-order valence-electron chi connectivity index (χ0n) is 18.8. The number of benzene rings is 2. The first-order valence-corrected chi connectivity index (χ1v) is 10.4. The van der Waals surface area contributed by atoms with Crippen LogP contribution in [-0.2, 0) is 9.31 Å². The predicted octanol–water partition coefficient (Wildman–Crippen LogP) is 2.30. The molecule has 1 fully saturated rings. The van der Waals surface area contributed by atoms with Crippen LogP contribution in [0.1, 0.15) is 43.6 Å². The Morgan fingerprint density at radius 2 is 1.44 bits per heavy atom. The minimum absolute atomic E-state index is 0.264. The summed E-state index contributed by atoms with van der Waals surface area (Å²) in [5.41, 5.74) is -0.399. The van der Waals surface area contributed by atoms with Crippen LogP contribution in [0.5, 0.6) is 0 Å². The molecule has 0 bridgehead atoms. The molecule has 1 aliphatic heterocycles. The summed E-state index contributed by atoms with van der Waals surface area (Å²) in [6, 6.07) is 15.4. The van der Waals surface area contributed by atoms with E-state index >= 15 is 0 Å². The Hall–Kier alpha value is -3.23. The smallest absolute Gasteiger partial charge is 0.399 e. The average Bonchev–Trinajstić information content (AvgIpc) is 2.98. The van der Waals surface area contributed by atoms with Crippen molar-refractivity contribution in [2.24, 2.45) is 0 Å². The molecule has 164 valence electrons. The first kappa shape index (κ1) is 22.0. The monoisotopic (exact) mass is 432 g/mol. The Kier molecular flexibility index (Phi) is 5.31. The highest BCUT2D eigenvalue weighted by Crippen LogP contribution is 2.36. The van der Waals surface area contributed by atoms with Crippen LogP contribution in [0.3, 0.4) is 0 Å². The van der Waals surface area contributed by atoms with E-state index in [9.17, 15) is 14.4 Å². The SMILES string of the molecule is Cc1cn(-c2ccc(B3OC(C)(C)C(C)(C)O3)cc2)c(=O)n(C(=O)c2ccccc2)c1=O. The third-order valence-corrected chi connectivity index (χ3v) is 6.18. The van der Waals surface area contributed by atoms with Crippen molar-refractivity contribution in [1.82, 2.24) is 9.13 Å². The van der Waals surface area contributed by atoms with Gasteiger partial charge in [0.05, 0.1) is 16.9 Å². The first-order valence-electron chi connectivity index (χ1n) is 10.4. The second-order valence-corrected chi connectivity index (χ2v) is 8.96. The molecule has 8 heteroatoms. The van der Waals surface area contributed by atoms with Crippen molar-refractivity contribution < 1.29 is 14.1 Å². The summed E-state index contributed by atoms with van der Waals surface area (Å²) in [5, 5.41) is 0. The highest BCUT2D eigenvalue weighted by atomic mass is 16.7. The number of aryl methyl sites for hydroxylation is 1. The van der Waals surface area contributed by atoms with Crippen LogP contribution in [0.4, 0.5) is 0 Å². The van der Waals surface area contributed by atoms with Gasteiger partial charge in [0.25, 0.3) is 11.5 Å². The van der Waals surface area contributed by atoms with E-state index in [4.69, 9.17) is 9.31 Å². The van der Waals surface area contributed by atoms with Crippen LogP contribution in [-0.4, -0.2) is 33.4 Å². The van der Waals surface area contributed by atoms with Crippen LogP contribution in [0, 0.1) is 6.92 Å². The number of rotatable bonds is 3. The van der Waals surface area contributed by atoms with Crippen molar-refractivity contribution >= 4 is 18.5 Å². The minimum atomic E-state index is -0.724. The van der Waals surface area contributed by atoms with E-state index in [1.54, 1.807) is 49.4 Å². The molecule has 0 N–H and O–H groups in total. The van der Waals surface area contributed by atoms with Crippen molar-refractivity contribution in [3.8, 4) is 5.69 Å². The molecular formula is C24H25BN2O5. The Morgan fingerprint density at radius 3 is 2.00 bits per heavy atom. The molecule has 0 saturated carbocycles. The average molecular weight is 432 g/mol. The summed E-state index contributed by atoms with van der Waals surface area (Å²) in [5.74, 6) is -0.660. The molecule has 2 aromatic carbocycles. The lowest BCUT2D eigenvalue weighted by molar-refractivity contribution is 0.00578. The van der Waals surface area contributed by atoms with Gasteiger partial charge in [0.2, 0.25) is 0 Å². The molecule has 4 rings (SSSR count). The molecule has 1 aliphatic rings. The van der Waals surface area contributed by atoms with E-state index < -0.39 is 35.5 Å². The summed E-state index contributed by atoms with van der Waals surface area (Å²) >= 11 is 0. The molecule has 32 heavy (non-hydrogen) atoms. The van der Waals surface area contributed by atoms with Gasteiger partial charge in [-0.3, -0.25) is 14.2 Å². The maximum atomic E-state index is 13.1. The molecule has 0 aliphatic carbocycles. The lowest BCUT2D eigenvalue weighted by Gasteiger charge is -2.32. The normalized spacial score (nSPS) is 16.8. The fourth-order valence-electron chi connectivity index (χ4n) is 3.52. The minimum Gasteiger partial charge on any atom is -0.399 e. The van der Waals surface area contributed by atoms with Crippen molar-refractivity contribution in [3.63, 3.8) is 0 Å². The molecule has 7 nitrogen and oxygen atoms in total. The predicted molar refractivity (Wildman–Crippen MR) is 123 cm³/mol. The van der Waals surface area contributed by atoms with Crippen molar-refractivity contribution in [2.45, 2.75) is 45.8 Å². The van der Waals surface area contributed by atoms with E-state index in [2.05, 4.69) is 0 Å². The topological polar surface area (TPSA) is 79.5 Å². The number of carbonyl (C=O) groups excluding carboxylic acids is 1. The van der Waals surface area contributed by atoms with E-state index in [0.717, 1.165) is 5.46 Å². The molecule has 0 atom stereocenters. The first-order chi connectivity index (χ1) is 15.0. The number of hydrogen-bond acceptors (Lipinski definition) is 5. The Labute approximate surface area is 186 Å². The lowest BCUT2D eigenvalue weighted by atomic mass is 9.79. The maximum Gasteiger partial charge on any atom is 0.494 e. The molecule has 0 unspecified atom stereocenters. The number of hydrogen-bond donors (Lipinski definition) is 0. The standard InChI is InChI=1S/C24H25BN2O5/c1-16-15-26(22(30)27(20(16)28)21(29)17-9-7-6-8-10-17)19-13-11-18(12-14-19)25-31-23(2,3)24(4,5)32-25/h6-15H,1-5H3. The lowest BCUT2D eigenvalue weighted by Crippen LogP contribution is -2.44. The second kappa shape index (κ2) is 7.72. The molecule has 1 saturated heterocycles. The molecule has 0 amide bonds. The molecular weight excluding hydrogens is 407 g/mol. The second-order valence-electron chi connectivity index (χ2n) is 8.96. The van der Waals surface area contributed by atoms with Gasteiger partial charge in [0.1, 0.15) is 0 Å². The Morgan fingerprint density at radius 1 is 0.875 bits per heavy atom. The van der Waals surface area contributed by atoms with Crippen molar-refractivity contribution in [1.29, 1.82) is 0 Å². The van der Waals surface area contributed by atoms with E-state index in [1.807, 2.05) is 39.8 Å². The summed E-state index contributed by atoms with van der Waals surface area (Å²) < 4.78 is 14.1. The van der Waals surface area contributed by atoms with Crippen molar-refractivity contribution in [2.75, 3.05) is 0 Å². The van der Waals surface area contributed by atoms with Gasteiger partial charge in [-0.05, 0) is 64.3 Å². The van der Waals surface area contributed by atoms with Gasteiger partial charge in [0.15, 0.2) is 0 Å². The molecule has 0 radical (unpaired) electrons. The summed E-state index contributed by atoms with van der Waals surface area (Å²) in [4.78, 5) is 38.6. The fourth-order valence-corrected chi connectivity index (χ4v) is 3.52. The largest absolute Gasteiger partial charge is 0.494 e. The molecule has 2 heterocycles. The van der Waals surface area contributed by atoms with Crippen LogP contribution >= 0.6 is 0 Å². The summed E-state index contributed by atoms with van der Waals surface area (Å²) in [6.45, 7) is 9.51. The number of carbonyl (C=O) groups is 1. The highest BCUT2D eigenvalue weighted by Gasteiger charge is 2.51. The van der Waals surface area contributed by atoms with Crippen LogP contribution in [0.2, 0.25) is 0 Å². The summed E-state index contributed by atoms with van der Waals surface area (Å²) in [6.07, 6.45) is 1.45. The third-order valence-electron chi connectivity index (χ3n) is 6.18. The van der Waals surface area contributed by atoms with Gasteiger partial charge in [-0.1, -0.05) is 30.3 Å². The van der Waals surface area contributed by atoms with E-state index in [0.29, 0.717) is 10.3 Å². The summed E-state index contributed by atoms with van der Waals surface area (Å²) in [7, 11) is -0.527. The van der Waals surface area contributed by atoms with E-state index in [-0.39, 0.29) is 11.1 Å². The van der Waals surface area contributed by atoms with Crippen LogP contribution in [0.25, 0.3) is 5.69 Å². The maximum absolute atomic E-state index is 13.1. The zero-order chi connectivity index (χ0) is 23.3. The van der Waals surface area contributed by atoms with Crippen LogP contribution in [0.15, 0.2) is 70.4 Å². The Bertz CT molecular complexity index is 1270. The van der Waals surface area contributed by atoms with Crippen molar-refractivity contribution in [3.05, 3.63) is 92.8 Å².